The number of carbonyl (C=O) groups excluding carboxylic acids is 1. The molecule has 1 fully saturated rings. The van der Waals surface area contributed by atoms with Crippen molar-refractivity contribution in [1.29, 1.82) is 0 Å². The predicted molar refractivity (Wildman–Crippen MR) is 112 cm³/mol. The van der Waals surface area contributed by atoms with Crippen LogP contribution in [0.25, 0.3) is 0 Å². The Morgan fingerprint density at radius 3 is 2.11 bits per heavy atom. The molecule has 0 unspecified atom stereocenters. The number of benzene rings is 2. The summed E-state index contributed by atoms with van der Waals surface area (Å²) in [7, 11) is 2.16. The van der Waals surface area contributed by atoms with Gasteiger partial charge in [-0.15, -0.1) is 0 Å². The van der Waals surface area contributed by atoms with E-state index in [0.717, 1.165) is 50.3 Å². The molecule has 1 amide bonds. The quantitative estimate of drug-likeness (QED) is 0.678. The lowest BCUT2D eigenvalue weighted by molar-refractivity contribution is -0.127. The van der Waals surface area contributed by atoms with Crippen molar-refractivity contribution in [3.8, 4) is 0 Å². The van der Waals surface area contributed by atoms with E-state index >= 15 is 0 Å². The summed E-state index contributed by atoms with van der Waals surface area (Å²) in [4.78, 5) is 17.1. The molecular formula is C23H31N3O2. The number of nitrogens with one attached hydrogen (secondary N) is 1. The van der Waals surface area contributed by atoms with Gasteiger partial charge in [0.05, 0.1) is 0 Å². The van der Waals surface area contributed by atoms with Gasteiger partial charge in [0.15, 0.2) is 0 Å². The van der Waals surface area contributed by atoms with Gasteiger partial charge in [0.25, 0.3) is 0 Å². The molecule has 3 rings (SSSR count). The lowest BCUT2D eigenvalue weighted by Crippen LogP contribution is -2.45. The number of nitrogens with zero attached hydrogens (tertiary/aromatic N) is 2. The van der Waals surface area contributed by atoms with E-state index in [2.05, 4.69) is 22.2 Å². The van der Waals surface area contributed by atoms with Crippen LogP contribution >= 0.6 is 0 Å². The van der Waals surface area contributed by atoms with Crippen LogP contribution in [-0.4, -0.2) is 68.6 Å². The molecular weight excluding hydrogens is 350 g/mol. The average Bonchev–Trinajstić information content (AvgIpc) is 2.74. The summed E-state index contributed by atoms with van der Waals surface area (Å²) >= 11 is 0. The molecule has 5 heteroatoms. The first-order valence-corrected chi connectivity index (χ1v) is 10.1. The molecule has 1 N–H and O–H groups in total. The second kappa shape index (κ2) is 11.0. The maximum Gasteiger partial charge on any atom is 0.246 e. The fraction of sp³-hybridized carbons (Fsp3) is 0.435. The number of rotatable bonds is 9. The Hall–Kier alpha value is -2.21. The number of hydrogen-bond acceptors (Lipinski definition) is 4. The Labute approximate surface area is 168 Å². The highest BCUT2D eigenvalue weighted by Gasteiger charge is 2.16. The smallest absolute Gasteiger partial charge is 0.246 e. The molecule has 1 aliphatic heterocycles. The first kappa shape index (κ1) is 20.5. The normalized spacial score (nSPS) is 15.6. The summed E-state index contributed by atoms with van der Waals surface area (Å²) in [5, 5.41) is 2.99. The minimum Gasteiger partial charge on any atom is -0.359 e. The van der Waals surface area contributed by atoms with E-state index in [4.69, 9.17) is 4.74 Å². The zero-order valence-corrected chi connectivity index (χ0v) is 16.7. The summed E-state index contributed by atoms with van der Waals surface area (Å²) < 4.78 is 6.01. The lowest BCUT2D eigenvalue weighted by atomic mass is 10.0. The zero-order valence-electron chi connectivity index (χ0n) is 16.7. The number of carbonyl (C=O) groups is 1. The van der Waals surface area contributed by atoms with E-state index in [1.54, 1.807) is 0 Å². The van der Waals surface area contributed by atoms with Gasteiger partial charge in [-0.05, 0) is 31.1 Å². The zero-order chi connectivity index (χ0) is 19.6. The van der Waals surface area contributed by atoms with Crippen molar-refractivity contribution in [1.82, 2.24) is 15.1 Å². The molecule has 1 heterocycles. The van der Waals surface area contributed by atoms with Crippen LogP contribution in [0.15, 0.2) is 60.7 Å². The summed E-state index contributed by atoms with van der Waals surface area (Å²) in [6, 6.07) is 20.1. The predicted octanol–water partition coefficient (Wildman–Crippen LogP) is 2.55. The molecule has 0 aliphatic carbocycles. The molecule has 2 aromatic rings. The molecule has 0 aromatic heterocycles. The Morgan fingerprint density at radius 2 is 1.54 bits per heavy atom. The average molecular weight is 382 g/mol. The van der Waals surface area contributed by atoms with Crippen LogP contribution in [0, 0.1) is 0 Å². The fourth-order valence-corrected chi connectivity index (χ4v) is 3.45. The van der Waals surface area contributed by atoms with Gasteiger partial charge >= 0.3 is 0 Å². The lowest BCUT2D eigenvalue weighted by Gasteiger charge is -2.32. The number of ether oxygens (including phenoxy) is 1. The first-order chi connectivity index (χ1) is 13.7. The van der Waals surface area contributed by atoms with Crippen molar-refractivity contribution in [2.75, 3.05) is 52.9 Å². The van der Waals surface area contributed by atoms with Gasteiger partial charge in [0.1, 0.15) is 12.7 Å². The molecule has 1 aliphatic rings. The third-order valence-electron chi connectivity index (χ3n) is 5.15. The fourth-order valence-electron chi connectivity index (χ4n) is 3.45. The van der Waals surface area contributed by atoms with Crippen LogP contribution < -0.4 is 5.32 Å². The first-order valence-electron chi connectivity index (χ1n) is 10.1. The van der Waals surface area contributed by atoms with Gasteiger partial charge in [-0.1, -0.05) is 60.7 Å². The maximum absolute atomic E-state index is 12.2. The second-order valence-electron chi connectivity index (χ2n) is 7.36. The Kier molecular flexibility index (Phi) is 8.03. The van der Waals surface area contributed by atoms with Crippen molar-refractivity contribution in [2.45, 2.75) is 12.5 Å². The largest absolute Gasteiger partial charge is 0.359 e. The number of piperazine rings is 1. The van der Waals surface area contributed by atoms with Crippen LogP contribution in [0.1, 0.15) is 23.7 Å². The third kappa shape index (κ3) is 6.44. The number of amides is 1. The van der Waals surface area contributed by atoms with E-state index in [1.807, 2.05) is 60.7 Å². The van der Waals surface area contributed by atoms with Gasteiger partial charge in [0.2, 0.25) is 5.91 Å². The van der Waals surface area contributed by atoms with Crippen molar-refractivity contribution in [3.05, 3.63) is 71.8 Å². The number of likely N-dealkylation sites (N-methyl/N-ethyl adjacent to an activating group) is 1. The molecule has 0 saturated carbocycles. The van der Waals surface area contributed by atoms with E-state index in [0.29, 0.717) is 6.54 Å². The van der Waals surface area contributed by atoms with Gasteiger partial charge in [0, 0.05) is 32.7 Å². The highest BCUT2D eigenvalue weighted by atomic mass is 16.5. The van der Waals surface area contributed by atoms with Crippen LogP contribution in [-0.2, 0) is 9.53 Å². The van der Waals surface area contributed by atoms with Crippen molar-refractivity contribution < 1.29 is 9.53 Å². The van der Waals surface area contributed by atoms with Crippen molar-refractivity contribution in [3.63, 3.8) is 0 Å². The van der Waals surface area contributed by atoms with Gasteiger partial charge in [-0.25, -0.2) is 0 Å². The third-order valence-corrected chi connectivity index (χ3v) is 5.15. The summed E-state index contributed by atoms with van der Waals surface area (Å²) in [5.41, 5.74) is 2.10. The van der Waals surface area contributed by atoms with Gasteiger partial charge < -0.3 is 19.9 Å². The maximum atomic E-state index is 12.2. The molecule has 0 atom stereocenters. The van der Waals surface area contributed by atoms with E-state index in [-0.39, 0.29) is 18.6 Å². The summed E-state index contributed by atoms with van der Waals surface area (Å²) in [6.07, 6.45) is 0.731. The SMILES string of the molecule is CN1CCN(CCCNC(=O)COC(c2ccccc2)c2ccccc2)CC1. The molecule has 0 spiro atoms. The standard InChI is InChI=1S/C23H31N3O2/c1-25-15-17-26(18-16-25)14-8-13-24-22(27)19-28-23(20-9-4-2-5-10-20)21-11-6-3-7-12-21/h2-7,9-12,23H,8,13-19H2,1H3,(H,24,27). The summed E-state index contributed by atoms with van der Waals surface area (Å²) in [5.74, 6) is -0.0600. The minimum absolute atomic E-state index is 0.0585. The Bertz CT molecular complexity index is 661. The van der Waals surface area contributed by atoms with Gasteiger partial charge in [-0.3, -0.25) is 4.79 Å². The molecule has 28 heavy (non-hydrogen) atoms. The van der Waals surface area contributed by atoms with E-state index < -0.39 is 0 Å². The molecule has 150 valence electrons. The highest BCUT2D eigenvalue weighted by molar-refractivity contribution is 5.77. The molecule has 5 nitrogen and oxygen atoms in total. The summed E-state index contributed by atoms with van der Waals surface area (Å²) in [6.45, 7) is 6.26. The van der Waals surface area contributed by atoms with Crippen molar-refractivity contribution in [2.24, 2.45) is 0 Å². The van der Waals surface area contributed by atoms with Crippen LogP contribution in [0.2, 0.25) is 0 Å². The van der Waals surface area contributed by atoms with E-state index in [9.17, 15) is 4.79 Å². The number of hydrogen-bond donors (Lipinski definition) is 1. The molecule has 0 bridgehead atoms. The Balaban J connectivity index is 1.42. The molecule has 0 radical (unpaired) electrons. The Morgan fingerprint density at radius 1 is 0.964 bits per heavy atom. The van der Waals surface area contributed by atoms with Crippen LogP contribution in [0.5, 0.6) is 0 Å². The van der Waals surface area contributed by atoms with Crippen LogP contribution in [0.3, 0.4) is 0 Å². The van der Waals surface area contributed by atoms with Gasteiger partial charge in [-0.2, -0.15) is 0 Å². The monoisotopic (exact) mass is 381 g/mol. The second-order valence-corrected chi connectivity index (χ2v) is 7.36. The topological polar surface area (TPSA) is 44.8 Å². The molecule has 2 aromatic carbocycles. The minimum atomic E-state index is -0.238. The van der Waals surface area contributed by atoms with E-state index in [1.165, 1.54) is 0 Å². The van der Waals surface area contributed by atoms with Crippen LogP contribution in [0.4, 0.5) is 0 Å². The van der Waals surface area contributed by atoms with Crippen molar-refractivity contribution >= 4 is 5.91 Å². The molecule has 1 saturated heterocycles. The highest BCUT2D eigenvalue weighted by Crippen LogP contribution is 2.25.